The van der Waals surface area contributed by atoms with Gasteiger partial charge in [0.2, 0.25) is 5.91 Å². The van der Waals surface area contributed by atoms with Crippen LogP contribution in [0.15, 0.2) is 64.0 Å². The maximum Gasteiger partial charge on any atom is 0.237 e. The minimum atomic E-state index is -3.06. The number of hydrogen-bond acceptors (Lipinski definition) is 4. The zero-order chi connectivity index (χ0) is 17.9. The minimum Gasteiger partial charge on any atom is -0.308 e. The van der Waals surface area contributed by atoms with Crippen molar-refractivity contribution >= 4 is 49.1 Å². The molecule has 1 aliphatic rings. The van der Waals surface area contributed by atoms with Gasteiger partial charge in [0, 0.05) is 15.1 Å². The summed E-state index contributed by atoms with van der Waals surface area (Å²) in [7, 11) is -3.06. The van der Waals surface area contributed by atoms with Gasteiger partial charge in [-0.05, 0) is 42.8 Å². The highest BCUT2D eigenvalue weighted by Gasteiger charge is 2.35. The zero-order valence-corrected chi connectivity index (χ0v) is 16.7. The molecule has 1 aliphatic heterocycles. The molecule has 0 unspecified atom stereocenters. The molecule has 2 aromatic rings. The Hall–Kier alpha value is -1.31. The third kappa shape index (κ3) is 4.86. The Morgan fingerprint density at radius 2 is 1.80 bits per heavy atom. The maximum atomic E-state index is 12.9. The molecule has 25 heavy (non-hydrogen) atoms. The second-order valence-corrected chi connectivity index (χ2v) is 10.1. The molecular weight excluding hydrogens is 422 g/mol. The van der Waals surface area contributed by atoms with Crippen LogP contribution in [0, 0.1) is 0 Å². The van der Waals surface area contributed by atoms with Gasteiger partial charge in [0.15, 0.2) is 9.84 Å². The molecule has 3 rings (SSSR count). The summed E-state index contributed by atoms with van der Waals surface area (Å²) in [6.45, 7) is 0. The predicted octanol–water partition coefficient (Wildman–Crippen LogP) is 3.76. The first-order valence-corrected chi connectivity index (χ1v) is 11.5. The average molecular weight is 440 g/mol. The van der Waals surface area contributed by atoms with Crippen LogP contribution in [-0.4, -0.2) is 37.6 Å². The molecule has 0 radical (unpaired) electrons. The van der Waals surface area contributed by atoms with E-state index in [-0.39, 0.29) is 29.2 Å². The molecule has 0 bridgehead atoms. The van der Waals surface area contributed by atoms with Crippen LogP contribution in [0.3, 0.4) is 0 Å². The lowest BCUT2D eigenvalue weighted by Crippen LogP contribution is -2.42. The number of thioether (sulfide) groups is 1. The summed E-state index contributed by atoms with van der Waals surface area (Å²) in [5.41, 5.74) is 0.756. The zero-order valence-electron chi connectivity index (χ0n) is 13.5. The quantitative estimate of drug-likeness (QED) is 0.665. The second-order valence-electron chi connectivity index (χ2n) is 5.90. The molecule has 4 nitrogen and oxygen atoms in total. The SMILES string of the molecule is O=C(CSc1ccc(Br)cc1)N(c1ccccc1)[C@H]1CCS(=O)(=O)C1. The number of rotatable bonds is 5. The van der Waals surface area contributed by atoms with Crippen molar-refractivity contribution in [1.82, 2.24) is 0 Å². The van der Waals surface area contributed by atoms with Crippen molar-refractivity contribution in [2.45, 2.75) is 17.4 Å². The minimum absolute atomic E-state index is 0.0383. The van der Waals surface area contributed by atoms with Crippen molar-refractivity contribution in [2.24, 2.45) is 0 Å². The van der Waals surface area contributed by atoms with E-state index in [0.29, 0.717) is 6.42 Å². The Labute approximate surface area is 160 Å². The monoisotopic (exact) mass is 439 g/mol. The van der Waals surface area contributed by atoms with Crippen LogP contribution in [0.4, 0.5) is 5.69 Å². The van der Waals surface area contributed by atoms with Crippen LogP contribution in [0.5, 0.6) is 0 Å². The first kappa shape index (κ1) is 18.5. The number of nitrogens with zero attached hydrogens (tertiary/aromatic N) is 1. The molecule has 7 heteroatoms. The lowest BCUT2D eigenvalue weighted by atomic mass is 10.2. The Bertz CT molecular complexity index is 838. The number of carbonyl (C=O) groups is 1. The van der Waals surface area contributed by atoms with Crippen molar-refractivity contribution in [2.75, 3.05) is 22.2 Å². The molecule has 1 heterocycles. The normalized spacial score (nSPS) is 18.8. The number of hydrogen-bond donors (Lipinski definition) is 0. The summed E-state index contributed by atoms with van der Waals surface area (Å²) < 4.78 is 24.7. The van der Waals surface area contributed by atoms with E-state index in [9.17, 15) is 13.2 Å². The van der Waals surface area contributed by atoms with E-state index in [0.717, 1.165) is 15.1 Å². The van der Waals surface area contributed by atoms with E-state index >= 15 is 0 Å². The Balaban J connectivity index is 1.76. The summed E-state index contributed by atoms with van der Waals surface area (Å²) >= 11 is 4.85. The van der Waals surface area contributed by atoms with Crippen molar-refractivity contribution in [3.63, 3.8) is 0 Å². The summed E-state index contributed by atoms with van der Waals surface area (Å²) in [6.07, 6.45) is 0.492. The molecule has 132 valence electrons. The second kappa shape index (κ2) is 7.93. The number of amides is 1. The lowest BCUT2D eigenvalue weighted by Gasteiger charge is -2.28. The summed E-state index contributed by atoms with van der Waals surface area (Å²) in [4.78, 5) is 15.5. The van der Waals surface area contributed by atoms with E-state index in [1.807, 2.05) is 54.6 Å². The Morgan fingerprint density at radius 3 is 2.40 bits per heavy atom. The van der Waals surface area contributed by atoms with E-state index < -0.39 is 9.84 Å². The molecule has 0 saturated carbocycles. The van der Waals surface area contributed by atoms with Gasteiger partial charge < -0.3 is 4.90 Å². The third-order valence-corrected chi connectivity index (χ3v) is 7.33. The fraction of sp³-hybridized carbons (Fsp3) is 0.278. The topological polar surface area (TPSA) is 54.5 Å². The van der Waals surface area contributed by atoms with Crippen LogP contribution in [0.2, 0.25) is 0 Å². The van der Waals surface area contributed by atoms with Gasteiger partial charge in [0.1, 0.15) is 0 Å². The summed E-state index contributed by atoms with van der Waals surface area (Å²) in [5, 5.41) is 0. The van der Waals surface area contributed by atoms with Gasteiger partial charge in [-0.3, -0.25) is 4.79 Å². The van der Waals surface area contributed by atoms with Gasteiger partial charge in [-0.25, -0.2) is 8.42 Å². The predicted molar refractivity (Wildman–Crippen MR) is 106 cm³/mol. The molecule has 0 N–H and O–H groups in total. The molecule has 0 aliphatic carbocycles. The van der Waals surface area contributed by atoms with Crippen molar-refractivity contribution in [3.8, 4) is 0 Å². The lowest BCUT2D eigenvalue weighted by molar-refractivity contribution is -0.116. The van der Waals surface area contributed by atoms with Gasteiger partial charge in [0.25, 0.3) is 0 Å². The van der Waals surface area contributed by atoms with Crippen molar-refractivity contribution in [3.05, 3.63) is 59.1 Å². The number of carbonyl (C=O) groups excluding carboxylic acids is 1. The van der Waals surface area contributed by atoms with E-state index in [1.54, 1.807) is 4.90 Å². The average Bonchev–Trinajstić information content (AvgIpc) is 2.95. The van der Waals surface area contributed by atoms with Gasteiger partial charge in [-0.1, -0.05) is 34.1 Å². The molecule has 0 aromatic heterocycles. The molecule has 1 saturated heterocycles. The standard InChI is InChI=1S/C18H18BrNO3S2/c19-14-6-8-17(9-7-14)24-12-18(21)20(15-4-2-1-3-5-15)16-10-11-25(22,23)13-16/h1-9,16H,10-13H2/t16-/m0/s1. The van der Waals surface area contributed by atoms with Crippen LogP contribution in [0.25, 0.3) is 0 Å². The van der Waals surface area contributed by atoms with Crippen molar-refractivity contribution < 1.29 is 13.2 Å². The molecule has 1 atom stereocenters. The Morgan fingerprint density at radius 1 is 1.12 bits per heavy atom. The van der Waals surface area contributed by atoms with Crippen LogP contribution in [0.1, 0.15) is 6.42 Å². The number of para-hydroxylation sites is 1. The highest BCUT2D eigenvalue weighted by atomic mass is 79.9. The number of sulfone groups is 1. The maximum absolute atomic E-state index is 12.9. The van der Waals surface area contributed by atoms with Crippen LogP contribution >= 0.6 is 27.7 Å². The van der Waals surface area contributed by atoms with Gasteiger partial charge in [-0.2, -0.15) is 0 Å². The van der Waals surface area contributed by atoms with Gasteiger partial charge >= 0.3 is 0 Å². The molecule has 0 spiro atoms. The Kier molecular flexibility index (Phi) is 5.86. The first-order valence-electron chi connectivity index (χ1n) is 7.90. The highest BCUT2D eigenvalue weighted by Crippen LogP contribution is 2.27. The van der Waals surface area contributed by atoms with Gasteiger partial charge in [0.05, 0.1) is 23.3 Å². The van der Waals surface area contributed by atoms with E-state index in [4.69, 9.17) is 0 Å². The highest BCUT2D eigenvalue weighted by molar-refractivity contribution is 9.10. The van der Waals surface area contributed by atoms with Crippen molar-refractivity contribution in [1.29, 1.82) is 0 Å². The molecular formula is C18H18BrNO3S2. The molecule has 2 aromatic carbocycles. The van der Waals surface area contributed by atoms with Crippen LogP contribution < -0.4 is 4.90 Å². The van der Waals surface area contributed by atoms with E-state index in [1.165, 1.54) is 11.8 Å². The summed E-state index contributed by atoms with van der Waals surface area (Å²) in [6, 6.07) is 16.8. The summed E-state index contributed by atoms with van der Waals surface area (Å²) in [5.74, 6) is 0.388. The third-order valence-electron chi connectivity index (χ3n) is 4.05. The smallest absolute Gasteiger partial charge is 0.237 e. The molecule has 1 amide bonds. The van der Waals surface area contributed by atoms with Gasteiger partial charge in [-0.15, -0.1) is 11.8 Å². The number of benzene rings is 2. The number of anilines is 1. The molecule has 1 fully saturated rings. The first-order chi connectivity index (χ1) is 11.9. The van der Waals surface area contributed by atoms with Crippen LogP contribution in [-0.2, 0) is 14.6 Å². The largest absolute Gasteiger partial charge is 0.308 e. The fourth-order valence-electron chi connectivity index (χ4n) is 2.87. The fourth-order valence-corrected chi connectivity index (χ4v) is 5.59. The van der Waals surface area contributed by atoms with E-state index in [2.05, 4.69) is 15.9 Å². The number of halogens is 1.